The SMILES string of the molecule is CC(=O)c1cccc(NC(=O)[C@H](OC(=O)c2ccc3c(c2)OCO3)c2ccccc2)c1. The summed E-state index contributed by atoms with van der Waals surface area (Å²) in [7, 11) is 0. The Morgan fingerprint density at radius 2 is 1.65 bits per heavy atom. The fourth-order valence-corrected chi connectivity index (χ4v) is 3.12. The molecule has 1 aliphatic rings. The number of nitrogens with one attached hydrogen (secondary N) is 1. The van der Waals surface area contributed by atoms with E-state index in [9.17, 15) is 14.4 Å². The number of hydrogen-bond donors (Lipinski definition) is 1. The predicted molar refractivity (Wildman–Crippen MR) is 112 cm³/mol. The number of ether oxygens (including phenoxy) is 3. The van der Waals surface area contributed by atoms with E-state index in [-0.39, 0.29) is 18.1 Å². The van der Waals surface area contributed by atoms with E-state index in [1.54, 1.807) is 66.7 Å². The Hall–Kier alpha value is -4.13. The average Bonchev–Trinajstić information content (AvgIpc) is 3.26. The van der Waals surface area contributed by atoms with Crippen molar-refractivity contribution in [1.82, 2.24) is 0 Å². The topological polar surface area (TPSA) is 90.9 Å². The lowest BCUT2D eigenvalue weighted by atomic mass is 10.1. The van der Waals surface area contributed by atoms with Crippen LogP contribution in [0.15, 0.2) is 72.8 Å². The molecule has 156 valence electrons. The first-order valence-corrected chi connectivity index (χ1v) is 9.59. The van der Waals surface area contributed by atoms with Gasteiger partial charge < -0.3 is 19.5 Å². The van der Waals surface area contributed by atoms with Gasteiger partial charge in [0.1, 0.15) is 0 Å². The zero-order chi connectivity index (χ0) is 21.8. The van der Waals surface area contributed by atoms with Gasteiger partial charge in [-0.15, -0.1) is 0 Å². The van der Waals surface area contributed by atoms with Crippen LogP contribution >= 0.6 is 0 Å². The molecule has 7 heteroatoms. The first kappa shape index (κ1) is 20.2. The van der Waals surface area contributed by atoms with E-state index in [0.717, 1.165) is 0 Å². The van der Waals surface area contributed by atoms with Crippen LogP contribution in [0.1, 0.15) is 39.3 Å². The van der Waals surface area contributed by atoms with Crippen LogP contribution in [0.2, 0.25) is 0 Å². The molecule has 0 spiro atoms. The first-order valence-electron chi connectivity index (χ1n) is 9.59. The van der Waals surface area contributed by atoms with Gasteiger partial charge >= 0.3 is 5.97 Å². The molecule has 0 saturated carbocycles. The predicted octanol–water partition coefficient (Wildman–Crippen LogP) is 4.15. The Bertz CT molecular complexity index is 1140. The molecular weight excluding hydrogens is 398 g/mol. The molecule has 1 aliphatic heterocycles. The fraction of sp³-hybridized carbons (Fsp3) is 0.125. The molecule has 1 N–H and O–H groups in total. The standard InChI is InChI=1S/C24H19NO6/c1-15(26)17-8-5-9-19(12-17)25-23(27)22(16-6-3-2-4-7-16)31-24(28)18-10-11-20-21(13-18)30-14-29-20/h2-13,22H,14H2,1H3,(H,25,27)/t22-/m1/s1. The van der Waals surface area contributed by atoms with Gasteiger partial charge in [-0.2, -0.15) is 0 Å². The third-order valence-electron chi connectivity index (χ3n) is 4.71. The fourth-order valence-electron chi connectivity index (χ4n) is 3.12. The Morgan fingerprint density at radius 1 is 0.871 bits per heavy atom. The number of ketones is 1. The van der Waals surface area contributed by atoms with Crippen molar-refractivity contribution in [3.05, 3.63) is 89.5 Å². The third kappa shape index (κ3) is 4.56. The van der Waals surface area contributed by atoms with Gasteiger partial charge in [0.15, 0.2) is 17.3 Å². The van der Waals surface area contributed by atoms with E-state index in [2.05, 4.69) is 5.32 Å². The number of carbonyl (C=O) groups excluding carboxylic acids is 3. The molecule has 7 nitrogen and oxygen atoms in total. The Balaban J connectivity index is 1.57. The zero-order valence-electron chi connectivity index (χ0n) is 16.7. The van der Waals surface area contributed by atoms with Crippen LogP contribution in [0.25, 0.3) is 0 Å². The Labute approximate surface area is 178 Å². The van der Waals surface area contributed by atoms with Gasteiger partial charge in [0.2, 0.25) is 12.9 Å². The number of carbonyl (C=O) groups is 3. The van der Waals surface area contributed by atoms with Gasteiger partial charge in [0, 0.05) is 16.8 Å². The van der Waals surface area contributed by atoms with Crippen molar-refractivity contribution in [2.45, 2.75) is 13.0 Å². The summed E-state index contributed by atoms with van der Waals surface area (Å²) in [5.74, 6) is -0.360. The summed E-state index contributed by atoms with van der Waals surface area (Å²) in [4.78, 5) is 37.4. The maximum absolute atomic E-state index is 13.0. The number of amides is 1. The number of fused-ring (bicyclic) bond motifs is 1. The molecule has 0 radical (unpaired) electrons. The quantitative estimate of drug-likeness (QED) is 0.479. The highest BCUT2D eigenvalue weighted by atomic mass is 16.7. The van der Waals surface area contributed by atoms with Crippen LogP contribution < -0.4 is 14.8 Å². The number of anilines is 1. The molecule has 0 aromatic heterocycles. The van der Waals surface area contributed by atoms with Crippen molar-refractivity contribution in [1.29, 1.82) is 0 Å². The minimum atomic E-state index is -1.19. The maximum atomic E-state index is 13.0. The molecule has 0 aliphatic carbocycles. The van der Waals surface area contributed by atoms with Crippen LogP contribution in [0.5, 0.6) is 11.5 Å². The Morgan fingerprint density at radius 3 is 2.42 bits per heavy atom. The van der Waals surface area contributed by atoms with Gasteiger partial charge in [-0.1, -0.05) is 42.5 Å². The molecule has 3 aromatic carbocycles. The summed E-state index contributed by atoms with van der Waals surface area (Å²) in [5, 5.41) is 2.72. The van der Waals surface area contributed by atoms with E-state index in [1.165, 1.54) is 13.0 Å². The van der Waals surface area contributed by atoms with Crippen LogP contribution in [0, 0.1) is 0 Å². The molecule has 0 saturated heterocycles. The molecule has 0 unspecified atom stereocenters. The number of rotatable bonds is 6. The van der Waals surface area contributed by atoms with Crippen molar-refractivity contribution in [3.63, 3.8) is 0 Å². The van der Waals surface area contributed by atoms with Crippen LogP contribution in [0.4, 0.5) is 5.69 Å². The van der Waals surface area contributed by atoms with Gasteiger partial charge in [0.05, 0.1) is 5.56 Å². The van der Waals surface area contributed by atoms with E-state index in [1.807, 2.05) is 0 Å². The smallest absolute Gasteiger partial charge is 0.339 e. The highest BCUT2D eigenvalue weighted by molar-refractivity contribution is 6.00. The second-order valence-electron chi connectivity index (χ2n) is 6.89. The van der Waals surface area contributed by atoms with Crippen LogP contribution in [-0.4, -0.2) is 24.5 Å². The maximum Gasteiger partial charge on any atom is 0.339 e. The molecular formula is C24H19NO6. The second-order valence-corrected chi connectivity index (χ2v) is 6.89. The molecule has 0 fully saturated rings. The summed E-state index contributed by atoms with van der Waals surface area (Å²) >= 11 is 0. The molecule has 1 amide bonds. The van der Waals surface area contributed by atoms with Crippen molar-refractivity contribution in [2.75, 3.05) is 12.1 Å². The van der Waals surface area contributed by atoms with Gasteiger partial charge in [-0.25, -0.2) is 4.79 Å². The third-order valence-corrected chi connectivity index (χ3v) is 4.71. The molecule has 4 rings (SSSR count). The minimum absolute atomic E-state index is 0.0855. The average molecular weight is 417 g/mol. The van der Waals surface area contributed by atoms with Crippen molar-refractivity contribution < 1.29 is 28.6 Å². The lowest BCUT2D eigenvalue weighted by Gasteiger charge is -2.18. The van der Waals surface area contributed by atoms with E-state index in [4.69, 9.17) is 14.2 Å². The molecule has 0 bridgehead atoms. The summed E-state index contributed by atoms with van der Waals surface area (Å²) in [6.45, 7) is 1.53. The van der Waals surface area contributed by atoms with E-state index >= 15 is 0 Å². The normalized spacial score (nSPS) is 12.7. The monoisotopic (exact) mass is 417 g/mol. The number of hydrogen-bond acceptors (Lipinski definition) is 6. The second kappa shape index (κ2) is 8.71. The van der Waals surface area contributed by atoms with Gasteiger partial charge in [-0.3, -0.25) is 9.59 Å². The summed E-state index contributed by atoms with van der Waals surface area (Å²) in [6, 6.07) is 19.9. The first-order chi connectivity index (χ1) is 15.0. The molecule has 1 atom stereocenters. The summed E-state index contributed by atoms with van der Waals surface area (Å²) < 4.78 is 16.1. The highest BCUT2D eigenvalue weighted by Gasteiger charge is 2.27. The lowest BCUT2D eigenvalue weighted by Crippen LogP contribution is -2.26. The minimum Gasteiger partial charge on any atom is -0.454 e. The van der Waals surface area contributed by atoms with Crippen LogP contribution in [-0.2, 0) is 9.53 Å². The van der Waals surface area contributed by atoms with Gasteiger partial charge in [-0.05, 0) is 37.3 Å². The van der Waals surface area contributed by atoms with Crippen molar-refractivity contribution in [3.8, 4) is 11.5 Å². The van der Waals surface area contributed by atoms with Crippen molar-refractivity contribution >= 4 is 23.3 Å². The largest absolute Gasteiger partial charge is 0.454 e. The van der Waals surface area contributed by atoms with E-state index in [0.29, 0.717) is 28.3 Å². The van der Waals surface area contributed by atoms with Gasteiger partial charge in [0.25, 0.3) is 5.91 Å². The highest BCUT2D eigenvalue weighted by Crippen LogP contribution is 2.33. The summed E-state index contributed by atoms with van der Waals surface area (Å²) in [6.07, 6.45) is -1.19. The molecule has 1 heterocycles. The zero-order valence-corrected chi connectivity index (χ0v) is 16.7. The lowest BCUT2D eigenvalue weighted by molar-refractivity contribution is -0.125. The van der Waals surface area contributed by atoms with Crippen molar-refractivity contribution in [2.24, 2.45) is 0 Å². The number of Topliss-reactive ketones (excluding diaryl/α,β-unsaturated/α-hetero) is 1. The molecule has 3 aromatic rings. The number of benzene rings is 3. The van der Waals surface area contributed by atoms with Crippen LogP contribution in [0.3, 0.4) is 0 Å². The summed E-state index contributed by atoms with van der Waals surface area (Å²) in [5.41, 5.74) is 1.64. The number of esters is 1. The van der Waals surface area contributed by atoms with E-state index < -0.39 is 18.0 Å². The Kier molecular flexibility index (Phi) is 5.66. The molecule has 31 heavy (non-hydrogen) atoms.